The molecule has 0 amide bonds. The zero-order chi connectivity index (χ0) is 20.5. The molecule has 3 rings (SSSR count). The Kier molecular flexibility index (Phi) is 6.07. The minimum Gasteiger partial charge on any atom is -0.478 e. The Morgan fingerprint density at radius 3 is 2.57 bits per heavy atom. The fourth-order valence-corrected chi connectivity index (χ4v) is 4.74. The first-order valence-corrected chi connectivity index (χ1v) is 11.0. The van der Waals surface area contributed by atoms with Crippen LogP contribution in [0.15, 0.2) is 41.3 Å². The maximum Gasteiger partial charge on any atom is 0.335 e. The van der Waals surface area contributed by atoms with E-state index >= 15 is 0 Å². The summed E-state index contributed by atoms with van der Waals surface area (Å²) in [5.41, 5.74) is 0.876. The molecule has 0 bridgehead atoms. The van der Waals surface area contributed by atoms with Gasteiger partial charge in [0, 0.05) is 13.1 Å². The van der Waals surface area contributed by atoms with E-state index in [2.05, 4.69) is 16.5 Å². The van der Waals surface area contributed by atoms with Crippen molar-refractivity contribution >= 4 is 50.6 Å². The molecular formula is C19H20Cl2N2O4S. The van der Waals surface area contributed by atoms with Crippen LogP contribution in [0, 0.1) is 5.92 Å². The van der Waals surface area contributed by atoms with Crippen molar-refractivity contribution in [3.05, 3.63) is 52.0 Å². The lowest BCUT2D eigenvalue weighted by atomic mass is 9.99. The maximum atomic E-state index is 12.9. The van der Waals surface area contributed by atoms with Gasteiger partial charge in [-0.15, -0.1) is 0 Å². The molecule has 0 radical (unpaired) electrons. The van der Waals surface area contributed by atoms with Crippen LogP contribution in [-0.2, 0) is 10.0 Å². The Hall–Kier alpha value is -1.96. The Bertz CT molecular complexity index is 1010. The lowest BCUT2D eigenvalue weighted by molar-refractivity contribution is 0.0697. The second-order valence-electron chi connectivity index (χ2n) is 6.91. The third kappa shape index (κ3) is 4.54. The molecule has 0 unspecified atom stereocenters. The summed E-state index contributed by atoms with van der Waals surface area (Å²) in [4.78, 5) is 13.4. The zero-order valence-corrected chi connectivity index (χ0v) is 17.5. The average Bonchev–Trinajstić information content (AvgIpc) is 2.63. The van der Waals surface area contributed by atoms with Crippen LogP contribution in [0.1, 0.15) is 30.1 Å². The number of carboxylic acid groups (broad SMARTS) is 1. The summed E-state index contributed by atoms with van der Waals surface area (Å²) in [5, 5.41) is 9.68. The normalized spacial score (nSPS) is 17.4. The highest BCUT2D eigenvalue weighted by atomic mass is 35.5. The van der Waals surface area contributed by atoms with Crippen LogP contribution < -0.4 is 9.62 Å². The number of piperidine rings is 1. The number of rotatable bonds is 5. The van der Waals surface area contributed by atoms with Crippen molar-refractivity contribution in [1.29, 1.82) is 0 Å². The van der Waals surface area contributed by atoms with Gasteiger partial charge in [0.1, 0.15) is 0 Å². The third-order valence-corrected chi connectivity index (χ3v) is 6.79. The molecule has 0 aliphatic carbocycles. The van der Waals surface area contributed by atoms with Crippen LogP contribution in [-0.4, -0.2) is 32.6 Å². The van der Waals surface area contributed by atoms with E-state index in [-0.39, 0.29) is 26.2 Å². The molecule has 1 fully saturated rings. The molecule has 2 aromatic rings. The smallest absolute Gasteiger partial charge is 0.335 e. The van der Waals surface area contributed by atoms with Crippen molar-refractivity contribution in [3.8, 4) is 0 Å². The van der Waals surface area contributed by atoms with Crippen molar-refractivity contribution in [2.24, 2.45) is 5.92 Å². The fraction of sp³-hybridized carbons (Fsp3) is 0.316. The van der Waals surface area contributed by atoms with E-state index in [9.17, 15) is 18.3 Å². The number of anilines is 2. The van der Waals surface area contributed by atoms with Crippen molar-refractivity contribution in [3.63, 3.8) is 0 Å². The standard InChI is InChI=1S/C19H20Cl2N2O4S/c1-12-3-2-8-23(11-12)18-7-4-13(19(24)25)9-17(18)22-28(26,27)14-5-6-15(20)16(21)10-14/h4-7,9-10,12,22H,2-3,8,11H2,1H3,(H,24,25)/t12-/m0/s1. The summed E-state index contributed by atoms with van der Waals surface area (Å²) in [6, 6.07) is 8.48. The SMILES string of the molecule is C[C@H]1CCCN(c2ccc(C(=O)O)cc2NS(=O)(=O)c2ccc(Cl)c(Cl)c2)C1. The fourth-order valence-electron chi connectivity index (χ4n) is 3.28. The summed E-state index contributed by atoms with van der Waals surface area (Å²) >= 11 is 11.8. The molecule has 1 aliphatic heterocycles. The average molecular weight is 443 g/mol. The lowest BCUT2D eigenvalue weighted by Crippen LogP contribution is -2.35. The number of hydrogen-bond acceptors (Lipinski definition) is 4. The summed E-state index contributed by atoms with van der Waals surface area (Å²) < 4.78 is 28.3. The van der Waals surface area contributed by atoms with E-state index in [0.717, 1.165) is 25.9 Å². The minimum absolute atomic E-state index is 0.000599. The largest absolute Gasteiger partial charge is 0.478 e. The van der Waals surface area contributed by atoms with Gasteiger partial charge in [-0.3, -0.25) is 4.72 Å². The number of nitrogens with one attached hydrogen (secondary N) is 1. The number of nitrogens with zero attached hydrogens (tertiary/aromatic N) is 1. The predicted octanol–water partition coefficient (Wildman–Crippen LogP) is 4.73. The maximum absolute atomic E-state index is 12.9. The molecule has 2 N–H and O–H groups in total. The van der Waals surface area contributed by atoms with Crippen LogP contribution in [0.5, 0.6) is 0 Å². The molecule has 1 saturated heterocycles. The van der Waals surface area contributed by atoms with Crippen LogP contribution in [0.25, 0.3) is 0 Å². The Morgan fingerprint density at radius 1 is 1.18 bits per heavy atom. The molecule has 0 saturated carbocycles. The molecule has 6 nitrogen and oxygen atoms in total. The third-order valence-electron chi connectivity index (χ3n) is 4.69. The molecule has 1 atom stereocenters. The second kappa shape index (κ2) is 8.19. The Balaban J connectivity index is 2.01. The van der Waals surface area contributed by atoms with E-state index in [0.29, 0.717) is 11.6 Å². The Labute approximate surface area is 174 Å². The number of benzene rings is 2. The zero-order valence-electron chi connectivity index (χ0n) is 15.2. The summed E-state index contributed by atoms with van der Waals surface area (Å²) in [6.07, 6.45) is 2.09. The van der Waals surface area contributed by atoms with E-state index in [1.165, 1.54) is 30.3 Å². The molecule has 150 valence electrons. The molecule has 0 aromatic heterocycles. The predicted molar refractivity (Wildman–Crippen MR) is 111 cm³/mol. The van der Waals surface area contributed by atoms with E-state index in [4.69, 9.17) is 23.2 Å². The van der Waals surface area contributed by atoms with E-state index in [1.807, 2.05) is 0 Å². The highest BCUT2D eigenvalue weighted by Gasteiger charge is 2.23. The van der Waals surface area contributed by atoms with Gasteiger partial charge in [-0.1, -0.05) is 30.1 Å². The van der Waals surface area contributed by atoms with Gasteiger partial charge in [0.2, 0.25) is 0 Å². The first-order chi connectivity index (χ1) is 13.2. The summed E-state index contributed by atoms with van der Waals surface area (Å²) in [6.45, 7) is 3.68. The number of sulfonamides is 1. The molecule has 1 heterocycles. The summed E-state index contributed by atoms with van der Waals surface area (Å²) in [5.74, 6) is -0.666. The van der Waals surface area contributed by atoms with Crippen molar-refractivity contribution < 1.29 is 18.3 Å². The van der Waals surface area contributed by atoms with Gasteiger partial charge in [-0.25, -0.2) is 13.2 Å². The summed E-state index contributed by atoms with van der Waals surface area (Å²) in [7, 11) is -3.98. The van der Waals surface area contributed by atoms with Gasteiger partial charge in [0.25, 0.3) is 10.0 Å². The van der Waals surface area contributed by atoms with Crippen LogP contribution >= 0.6 is 23.2 Å². The van der Waals surface area contributed by atoms with Gasteiger partial charge in [0.05, 0.1) is 31.9 Å². The molecule has 0 spiro atoms. The highest BCUT2D eigenvalue weighted by molar-refractivity contribution is 7.92. The van der Waals surface area contributed by atoms with Crippen LogP contribution in [0.3, 0.4) is 0 Å². The number of carboxylic acids is 1. The first-order valence-electron chi connectivity index (χ1n) is 8.77. The Morgan fingerprint density at radius 2 is 1.93 bits per heavy atom. The molecule has 9 heteroatoms. The van der Waals surface area contributed by atoms with Gasteiger partial charge < -0.3 is 10.0 Å². The van der Waals surface area contributed by atoms with Crippen molar-refractivity contribution in [2.45, 2.75) is 24.7 Å². The van der Waals surface area contributed by atoms with E-state index in [1.54, 1.807) is 6.07 Å². The van der Waals surface area contributed by atoms with Gasteiger partial charge in [-0.2, -0.15) is 0 Å². The molecule has 2 aromatic carbocycles. The van der Waals surface area contributed by atoms with Gasteiger partial charge in [0.15, 0.2) is 0 Å². The number of halogens is 2. The van der Waals surface area contributed by atoms with Crippen molar-refractivity contribution in [1.82, 2.24) is 0 Å². The topological polar surface area (TPSA) is 86.7 Å². The lowest BCUT2D eigenvalue weighted by Gasteiger charge is -2.34. The van der Waals surface area contributed by atoms with Crippen molar-refractivity contribution in [2.75, 3.05) is 22.7 Å². The van der Waals surface area contributed by atoms with Crippen LogP contribution in [0.4, 0.5) is 11.4 Å². The van der Waals surface area contributed by atoms with Gasteiger partial charge in [-0.05, 0) is 55.2 Å². The van der Waals surface area contributed by atoms with E-state index < -0.39 is 16.0 Å². The molecular weight excluding hydrogens is 423 g/mol. The van der Waals surface area contributed by atoms with Gasteiger partial charge >= 0.3 is 5.97 Å². The quantitative estimate of drug-likeness (QED) is 0.698. The highest BCUT2D eigenvalue weighted by Crippen LogP contribution is 2.33. The number of aromatic carboxylic acids is 1. The second-order valence-corrected chi connectivity index (χ2v) is 9.41. The first kappa shape index (κ1) is 20.8. The minimum atomic E-state index is -3.98. The monoisotopic (exact) mass is 442 g/mol. The number of carbonyl (C=O) groups is 1. The molecule has 1 aliphatic rings. The van der Waals surface area contributed by atoms with Crippen LogP contribution in [0.2, 0.25) is 10.0 Å². The number of hydrogen-bond donors (Lipinski definition) is 2. The molecule has 28 heavy (non-hydrogen) atoms.